The Labute approximate surface area is 134 Å². The van der Waals surface area contributed by atoms with Gasteiger partial charge in [-0.15, -0.1) is 11.8 Å². The van der Waals surface area contributed by atoms with Crippen LogP contribution in [0.1, 0.15) is 31.0 Å². The number of aromatic nitrogens is 1. The summed E-state index contributed by atoms with van der Waals surface area (Å²) < 4.78 is 5.30. The Bertz CT molecular complexity index is 685. The number of hydrogen-bond acceptors (Lipinski definition) is 4. The number of thioether (sulfide) groups is 1. The molecule has 4 nitrogen and oxygen atoms in total. The van der Waals surface area contributed by atoms with E-state index in [1.165, 1.54) is 17.3 Å². The van der Waals surface area contributed by atoms with E-state index in [0.29, 0.717) is 0 Å². The summed E-state index contributed by atoms with van der Waals surface area (Å²) in [5.41, 5.74) is 3.26. The molecule has 0 aliphatic heterocycles. The molecule has 0 fully saturated rings. The zero-order chi connectivity index (χ0) is 16.1. The summed E-state index contributed by atoms with van der Waals surface area (Å²) in [6, 6.07) is 5.82. The normalized spacial score (nSPS) is 10.9. The molecule has 1 heterocycles. The Hall–Kier alpha value is -1.75. The van der Waals surface area contributed by atoms with Crippen LogP contribution in [-0.4, -0.2) is 18.8 Å². The summed E-state index contributed by atoms with van der Waals surface area (Å²) in [4.78, 5) is 15.3. The first-order valence-electron chi connectivity index (χ1n) is 7.42. The van der Waals surface area contributed by atoms with Gasteiger partial charge in [-0.3, -0.25) is 0 Å². The molecular formula is C17H21NO3S. The highest BCUT2D eigenvalue weighted by molar-refractivity contribution is 8.00. The zero-order valence-electron chi connectivity index (χ0n) is 13.2. The zero-order valence-corrected chi connectivity index (χ0v) is 14.0. The minimum atomic E-state index is -1.05. The molecule has 2 rings (SSSR count). The maximum absolute atomic E-state index is 10.9. The van der Waals surface area contributed by atoms with Gasteiger partial charge in [0.15, 0.2) is 5.69 Å². The molecule has 0 spiro atoms. The second-order valence-electron chi connectivity index (χ2n) is 5.23. The van der Waals surface area contributed by atoms with Crippen LogP contribution in [-0.2, 0) is 11.2 Å². The number of hydrogen-bond donors (Lipinski definition) is 0. The van der Waals surface area contributed by atoms with Crippen molar-refractivity contribution >= 4 is 28.6 Å². The van der Waals surface area contributed by atoms with E-state index in [1.54, 1.807) is 7.11 Å². The number of H-pyrrole nitrogens is 1. The Morgan fingerprint density at radius 1 is 1.41 bits per heavy atom. The average Bonchev–Trinajstić information content (AvgIpc) is 2.50. The highest BCUT2D eigenvalue weighted by Crippen LogP contribution is 2.33. The predicted molar refractivity (Wildman–Crippen MR) is 86.1 cm³/mol. The topological polar surface area (TPSA) is 63.5 Å². The number of carbonyl (C=O) groups excluding carboxylic acids is 1. The molecule has 0 bridgehead atoms. The number of carbonyl (C=O) groups is 1. The van der Waals surface area contributed by atoms with Crippen LogP contribution >= 0.6 is 11.8 Å². The Balaban J connectivity index is 2.59. The Morgan fingerprint density at radius 2 is 2.18 bits per heavy atom. The van der Waals surface area contributed by atoms with Crippen molar-refractivity contribution in [2.45, 2.75) is 38.0 Å². The summed E-state index contributed by atoms with van der Waals surface area (Å²) in [5.74, 6) is -0.330. The summed E-state index contributed by atoms with van der Waals surface area (Å²) in [5, 5.41) is 11.9. The lowest BCUT2D eigenvalue weighted by molar-refractivity contribution is -0.356. The Morgan fingerprint density at radius 3 is 2.82 bits per heavy atom. The summed E-state index contributed by atoms with van der Waals surface area (Å²) in [6.45, 7) is 4.19. The van der Waals surface area contributed by atoms with E-state index in [2.05, 4.69) is 11.9 Å². The lowest BCUT2D eigenvalue weighted by Crippen LogP contribution is -2.24. The minimum absolute atomic E-state index is 0.0467. The van der Waals surface area contributed by atoms with Crippen LogP contribution in [0.5, 0.6) is 5.75 Å². The van der Waals surface area contributed by atoms with Gasteiger partial charge in [0.2, 0.25) is 5.52 Å². The van der Waals surface area contributed by atoms with Crippen molar-refractivity contribution in [3.05, 3.63) is 29.5 Å². The summed E-state index contributed by atoms with van der Waals surface area (Å²) in [6.07, 6.45) is 3.10. The molecule has 0 radical (unpaired) electrons. The number of benzene rings is 1. The number of pyridine rings is 1. The van der Waals surface area contributed by atoms with Gasteiger partial charge in [0.1, 0.15) is 5.75 Å². The van der Waals surface area contributed by atoms with E-state index in [-0.39, 0.29) is 5.75 Å². The number of nitrogens with one attached hydrogen (secondary N) is 1. The molecule has 1 aromatic heterocycles. The molecule has 118 valence electrons. The third kappa shape index (κ3) is 3.71. The quantitative estimate of drug-likeness (QED) is 0.734. The van der Waals surface area contributed by atoms with Gasteiger partial charge in [-0.25, -0.2) is 4.98 Å². The van der Waals surface area contributed by atoms with E-state index in [1.807, 2.05) is 25.1 Å². The molecule has 5 heteroatoms. The monoisotopic (exact) mass is 319 g/mol. The van der Waals surface area contributed by atoms with Crippen molar-refractivity contribution < 1.29 is 19.6 Å². The third-order valence-electron chi connectivity index (χ3n) is 3.63. The number of unbranched alkanes of at least 4 members (excludes halogenated alkanes) is 1. The smallest absolute Gasteiger partial charge is 0.212 e. The van der Waals surface area contributed by atoms with Gasteiger partial charge >= 0.3 is 0 Å². The second-order valence-corrected chi connectivity index (χ2v) is 6.22. The number of carboxylic acid groups (broad SMARTS) is 1. The van der Waals surface area contributed by atoms with Crippen LogP contribution in [0.25, 0.3) is 10.9 Å². The van der Waals surface area contributed by atoms with Crippen molar-refractivity contribution in [3.63, 3.8) is 0 Å². The van der Waals surface area contributed by atoms with Gasteiger partial charge in [-0.1, -0.05) is 13.3 Å². The molecule has 0 saturated heterocycles. The standard InChI is InChI=1S/C17H21NO3S/c1-4-5-6-13-11(2)18-15-8-7-12(21-3)9-14(15)17(13)22-10-16(19)20/h7-9H,4-6,10H2,1-3H3,(H,19,20). The fourth-order valence-electron chi connectivity index (χ4n) is 2.51. The number of aliphatic carboxylic acids is 1. The first-order chi connectivity index (χ1) is 10.6. The number of fused-ring (bicyclic) bond motifs is 1. The number of rotatable bonds is 7. The first kappa shape index (κ1) is 16.6. The largest absolute Gasteiger partial charge is 0.549 e. The molecule has 0 atom stereocenters. The molecule has 0 aliphatic carbocycles. The van der Waals surface area contributed by atoms with Gasteiger partial charge in [0.05, 0.1) is 18.5 Å². The van der Waals surface area contributed by atoms with Gasteiger partial charge in [-0.2, -0.15) is 0 Å². The van der Waals surface area contributed by atoms with E-state index in [4.69, 9.17) is 4.74 Å². The lowest BCUT2D eigenvalue weighted by atomic mass is 10.0. The van der Waals surface area contributed by atoms with Gasteiger partial charge in [0.25, 0.3) is 0 Å². The number of aromatic amines is 1. The van der Waals surface area contributed by atoms with E-state index < -0.39 is 5.97 Å². The third-order valence-corrected chi connectivity index (χ3v) is 4.77. The molecule has 2 aromatic rings. The lowest BCUT2D eigenvalue weighted by Gasteiger charge is -2.12. The SMILES string of the molecule is CCCCc1c(C)[nH+]c2ccc(OC)cc2c1SCC(=O)[O-]. The molecule has 22 heavy (non-hydrogen) atoms. The van der Waals surface area contributed by atoms with E-state index in [9.17, 15) is 9.90 Å². The molecule has 1 N–H and O–H groups in total. The van der Waals surface area contributed by atoms with Crippen molar-refractivity contribution in [3.8, 4) is 5.75 Å². The van der Waals surface area contributed by atoms with Crippen molar-refractivity contribution in [1.82, 2.24) is 0 Å². The van der Waals surface area contributed by atoms with E-state index in [0.717, 1.165) is 46.5 Å². The highest BCUT2D eigenvalue weighted by Gasteiger charge is 2.18. The number of methoxy groups -OCH3 is 1. The van der Waals surface area contributed by atoms with Crippen LogP contribution in [0.3, 0.4) is 0 Å². The molecule has 0 saturated carbocycles. The summed E-state index contributed by atoms with van der Waals surface area (Å²) in [7, 11) is 1.63. The Kier molecular flexibility index (Phi) is 5.66. The maximum Gasteiger partial charge on any atom is 0.212 e. The second kappa shape index (κ2) is 7.49. The highest BCUT2D eigenvalue weighted by atomic mass is 32.2. The molecule has 1 aromatic carbocycles. The van der Waals surface area contributed by atoms with Crippen LogP contribution in [0.15, 0.2) is 23.1 Å². The molecule has 0 aliphatic rings. The van der Waals surface area contributed by atoms with Gasteiger partial charge < -0.3 is 14.6 Å². The van der Waals surface area contributed by atoms with Gasteiger partial charge in [-0.05, 0) is 25.0 Å². The maximum atomic E-state index is 10.9. The number of carboxylic acids is 1. The average molecular weight is 319 g/mol. The molecule has 0 amide bonds. The molecular weight excluding hydrogens is 298 g/mol. The number of ether oxygens (including phenoxy) is 1. The van der Waals surface area contributed by atoms with Crippen molar-refractivity contribution in [1.29, 1.82) is 0 Å². The summed E-state index contributed by atoms with van der Waals surface area (Å²) >= 11 is 1.33. The fourth-order valence-corrected chi connectivity index (χ4v) is 3.52. The molecule has 0 unspecified atom stereocenters. The number of aryl methyl sites for hydroxylation is 1. The van der Waals surface area contributed by atoms with Crippen LogP contribution in [0.2, 0.25) is 0 Å². The van der Waals surface area contributed by atoms with Gasteiger partial charge in [0, 0.05) is 29.2 Å². The van der Waals surface area contributed by atoms with E-state index >= 15 is 0 Å². The van der Waals surface area contributed by atoms with Crippen LogP contribution in [0.4, 0.5) is 0 Å². The van der Waals surface area contributed by atoms with Crippen molar-refractivity contribution in [2.24, 2.45) is 0 Å². The van der Waals surface area contributed by atoms with Crippen LogP contribution in [0, 0.1) is 6.92 Å². The fraction of sp³-hybridized carbons (Fsp3) is 0.412. The predicted octanol–water partition coefficient (Wildman–Crippen LogP) is 2.16. The minimum Gasteiger partial charge on any atom is -0.549 e. The first-order valence-corrected chi connectivity index (χ1v) is 8.40. The van der Waals surface area contributed by atoms with Crippen LogP contribution < -0.4 is 14.8 Å². The van der Waals surface area contributed by atoms with Crippen molar-refractivity contribution in [2.75, 3.05) is 12.9 Å².